The highest BCUT2D eigenvalue weighted by atomic mass is 19.4. The average molecular weight is 488 g/mol. The van der Waals surface area contributed by atoms with Gasteiger partial charge in [0.2, 0.25) is 0 Å². The number of aromatic nitrogens is 2. The summed E-state index contributed by atoms with van der Waals surface area (Å²) in [6.45, 7) is 6.54. The molecule has 3 aromatic rings. The van der Waals surface area contributed by atoms with Crippen LogP contribution in [0.1, 0.15) is 24.5 Å². The Labute approximate surface area is 198 Å². The van der Waals surface area contributed by atoms with Gasteiger partial charge in [-0.15, -0.1) is 0 Å². The summed E-state index contributed by atoms with van der Waals surface area (Å²) >= 11 is 0. The second-order valence-electron chi connectivity index (χ2n) is 7.67. The Hall–Kier alpha value is -4.02. The molecule has 11 heteroatoms. The van der Waals surface area contributed by atoms with E-state index < -0.39 is 23.4 Å². The quantitative estimate of drug-likeness (QED) is 0.332. The Balaban J connectivity index is 1.80. The molecule has 2 heterocycles. The Bertz CT molecular complexity index is 1300. The first-order valence-corrected chi connectivity index (χ1v) is 10.7. The molecule has 2 aromatic carbocycles. The van der Waals surface area contributed by atoms with Gasteiger partial charge in [-0.2, -0.15) is 13.2 Å². The number of halogens is 5. The van der Waals surface area contributed by atoms with Gasteiger partial charge in [-0.3, -0.25) is 0 Å². The molecule has 0 saturated carbocycles. The molecule has 1 aliphatic heterocycles. The van der Waals surface area contributed by atoms with Crippen molar-refractivity contribution in [2.24, 2.45) is 4.99 Å². The molecule has 4 rings (SSSR count). The van der Waals surface area contributed by atoms with Crippen molar-refractivity contribution >= 4 is 34.9 Å². The van der Waals surface area contributed by atoms with E-state index in [-0.39, 0.29) is 40.0 Å². The Kier molecular flexibility index (Phi) is 6.68. The Morgan fingerprint density at radius 2 is 1.91 bits per heavy atom. The molecule has 0 bridgehead atoms. The number of alkyl halides is 3. The third-order valence-electron chi connectivity index (χ3n) is 5.15. The van der Waals surface area contributed by atoms with E-state index in [1.807, 2.05) is 6.92 Å². The zero-order valence-electron chi connectivity index (χ0n) is 18.6. The number of nitrogens with zero attached hydrogens (tertiary/aromatic N) is 3. The number of benzene rings is 2. The van der Waals surface area contributed by atoms with Crippen molar-refractivity contribution in [1.82, 2.24) is 9.97 Å². The molecule has 1 aromatic heterocycles. The molecule has 0 saturated heterocycles. The van der Waals surface area contributed by atoms with Crippen LogP contribution in [0.3, 0.4) is 0 Å². The number of nitrogens with one attached hydrogen (secondary N) is 3. The summed E-state index contributed by atoms with van der Waals surface area (Å²) in [5.41, 5.74) is -0.589. The van der Waals surface area contributed by atoms with E-state index in [4.69, 9.17) is 0 Å². The van der Waals surface area contributed by atoms with Crippen LogP contribution in [-0.2, 0) is 6.18 Å². The maximum atomic E-state index is 14.5. The van der Waals surface area contributed by atoms with Gasteiger partial charge in [-0.1, -0.05) is 31.7 Å². The van der Waals surface area contributed by atoms with Crippen molar-refractivity contribution in [3.05, 3.63) is 65.7 Å². The van der Waals surface area contributed by atoms with Gasteiger partial charge in [0.15, 0.2) is 17.5 Å². The molecule has 1 aliphatic rings. The molecule has 0 unspecified atom stereocenters. The number of hydrogen-bond acceptors (Lipinski definition) is 6. The molecule has 35 heavy (non-hydrogen) atoms. The SMILES string of the molecule is C=C(Nc1nc(-c2ccccc2C(F)(F)F)nc2c1NCC=N2)c1cc(F)cc(F)c1NCCC. The van der Waals surface area contributed by atoms with Gasteiger partial charge < -0.3 is 16.0 Å². The minimum atomic E-state index is -4.63. The molecule has 6 nitrogen and oxygen atoms in total. The van der Waals surface area contributed by atoms with Crippen LogP contribution in [0.4, 0.5) is 45.0 Å². The largest absolute Gasteiger partial charge is 0.417 e. The number of rotatable bonds is 7. The standard InChI is InChI=1S/C24H21F5N6/c1-3-8-30-19-16(11-14(25)12-18(19)26)13(2)33-23-20-22(32-10-9-31-20)34-21(35-23)15-6-4-5-7-17(15)24(27,28)29/h4-7,10-12,30-31H,2-3,8-9H2,1H3,(H,33,34,35). The van der Waals surface area contributed by atoms with Gasteiger partial charge in [0.1, 0.15) is 17.3 Å². The van der Waals surface area contributed by atoms with E-state index in [0.29, 0.717) is 25.2 Å². The highest BCUT2D eigenvalue weighted by Crippen LogP contribution is 2.40. The van der Waals surface area contributed by atoms with Crippen LogP contribution in [0.25, 0.3) is 17.1 Å². The lowest BCUT2D eigenvalue weighted by Crippen LogP contribution is -2.15. The number of aliphatic imine (C=N–C) groups is 1. The molecule has 0 aliphatic carbocycles. The summed E-state index contributed by atoms with van der Waals surface area (Å²) in [6.07, 6.45) is -2.42. The predicted octanol–water partition coefficient (Wildman–Crippen LogP) is 6.47. The monoisotopic (exact) mass is 488 g/mol. The predicted molar refractivity (Wildman–Crippen MR) is 127 cm³/mol. The van der Waals surface area contributed by atoms with Crippen LogP contribution in [0.15, 0.2) is 48.0 Å². The summed E-state index contributed by atoms with van der Waals surface area (Å²) < 4.78 is 69.4. The van der Waals surface area contributed by atoms with Gasteiger partial charge in [0, 0.05) is 35.6 Å². The van der Waals surface area contributed by atoms with Crippen LogP contribution in [-0.4, -0.2) is 29.3 Å². The van der Waals surface area contributed by atoms with E-state index in [9.17, 15) is 22.0 Å². The smallest absolute Gasteiger partial charge is 0.382 e. The topological polar surface area (TPSA) is 74.2 Å². The molecule has 0 fully saturated rings. The molecule has 0 amide bonds. The fraction of sp³-hybridized carbons (Fsp3) is 0.208. The van der Waals surface area contributed by atoms with E-state index >= 15 is 0 Å². The normalized spacial score (nSPS) is 12.6. The third kappa shape index (κ3) is 5.08. The lowest BCUT2D eigenvalue weighted by Gasteiger charge is -2.21. The Morgan fingerprint density at radius 1 is 1.14 bits per heavy atom. The second-order valence-corrected chi connectivity index (χ2v) is 7.67. The summed E-state index contributed by atoms with van der Waals surface area (Å²) in [7, 11) is 0. The summed E-state index contributed by atoms with van der Waals surface area (Å²) in [5, 5.41) is 8.82. The maximum absolute atomic E-state index is 14.5. The fourth-order valence-electron chi connectivity index (χ4n) is 3.57. The first kappa shape index (κ1) is 24.1. The maximum Gasteiger partial charge on any atom is 0.417 e. The zero-order chi connectivity index (χ0) is 25.2. The van der Waals surface area contributed by atoms with E-state index in [0.717, 1.165) is 18.2 Å². The van der Waals surface area contributed by atoms with E-state index in [2.05, 4.69) is 37.5 Å². The van der Waals surface area contributed by atoms with Crippen LogP contribution < -0.4 is 16.0 Å². The summed E-state index contributed by atoms with van der Waals surface area (Å²) in [6, 6.07) is 6.78. The lowest BCUT2D eigenvalue weighted by atomic mass is 10.1. The first-order chi connectivity index (χ1) is 16.7. The minimum Gasteiger partial charge on any atom is -0.382 e. The van der Waals surface area contributed by atoms with Gasteiger partial charge in [-0.05, 0) is 18.6 Å². The van der Waals surface area contributed by atoms with E-state index in [1.165, 1.54) is 24.4 Å². The highest BCUT2D eigenvalue weighted by Gasteiger charge is 2.34. The molecular formula is C24H21F5N6. The summed E-state index contributed by atoms with van der Waals surface area (Å²) in [5.74, 6) is -1.65. The Morgan fingerprint density at radius 3 is 2.66 bits per heavy atom. The second kappa shape index (κ2) is 9.69. The summed E-state index contributed by atoms with van der Waals surface area (Å²) in [4.78, 5) is 12.7. The average Bonchev–Trinajstić information content (AvgIpc) is 2.82. The van der Waals surface area contributed by atoms with E-state index in [1.54, 1.807) is 0 Å². The first-order valence-electron chi connectivity index (χ1n) is 10.7. The minimum absolute atomic E-state index is 0.0438. The van der Waals surface area contributed by atoms with Gasteiger partial charge in [0.25, 0.3) is 0 Å². The van der Waals surface area contributed by atoms with Crippen molar-refractivity contribution in [2.75, 3.05) is 29.0 Å². The molecule has 3 N–H and O–H groups in total. The molecule has 182 valence electrons. The van der Waals surface area contributed by atoms with Crippen molar-refractivity contribution in [3.8, 4) is 11.4 Å². The third-order valence-corrected chi connectivity index (χ3v) is 5.15. The van der Waals surface area contributed by atoms with Crippen molar-refractivity contribution < 1.29 is 22.0 Å². The lowest BCUT2D eigenvalue weighted by molar-refractivity contribution is -0.137. The molecule has 0 atom stereocenters. The van der Waals surface area contributed by atoms with Crippen molar-refractivity contribution in [2.45, 2.75) is 19.5 Å². The van der Waals surface area contributed by atoms with Gasteiger partial charge in [-0.25, -0.2) is 23.7 Å². The number of anilines is 3. The number of hydrogen-bond donors (Lipinski definition) is 3. The van der Waals surface area contributed by atoms with Crippen LogP contribution in [0, 0.1) is 11.6 Å². The van der Waals surface area contributed by atoms with Crippen LogP contribution in [0.5, 0.6) is 0 Å². The van der Waals surface area contributed by atoms with Crippen molar-refractivity contribution in [1.29, 1.82) is 0 Å². The zero-order valence-corrected chi connectivity index (χ0v) is 18.6. The fourth-order valence-corrected chi connectivity index (χ4v) is 3.57. The van der Waals surface area contributed by atoms with Gasteiger partial charge in [0.05, 0.1) is 17.8 Å². The van der Waals surface area contributed by atoms with Crippen molar-refractivity contribution in [3.63, 3.8) is 0 Å². The van der Waals surface area contributed by atoms with Crippen LogP contribution >= 0.6 is 0 Å². The molecule has 0 spiro atoms. The number of fused-ring (bicyclic) bond motifs is 1. The van der Waals surface area contributed by atoms with Gasteiger partial charge >= 0.3 is 6.18 Å². The molecular weight excluding hydrogens is 467 g/mol. The van der Waals surface area contributed by atoms with Crippen LogP contribution in [0.2, 0.25) is 0 Å². The molecule has 0 radical (unpaired) electrons. The highest BCUT2D eigenvalue weighted by molar-refractivity contribution is 5.91.